The Morgan fingerprint density at radius 2 is 1.81 bits per heavy atom. The second-order valence-corrected chi connectivity index (χ2v) is 6.06. The Hall–Kier alpha value is -3.32. The molecule has 2 N–H and O–H groups in total. The molecule has 0 aliphatic rings. The van der Waals surface area contributed by atoms with E-state index < -0.39 is 11.8 Å². The summed E-state index contributed by atoms with van der Waals surface area (Å²) in [6.07, 6.45) is 1.70. The standard InChI is InChI=1S/C19H17ClN4O3/c1-13-10-11-21-24(13)15-8-6-14(7-9-15)19(26)23-22-18(25)12-27-17-5-3-2-4-16(17)20/h2-11H,12H2,1H3,(H,22,25)(H,23,26). The first-order valence-corrected chi connectivity index (χ1v) is 8.50. The van der Waals surface area contributed by atoms with Gasteiger partial charge in [0.1, 0.15) is 5.75 Å². The molecular weight excluding hydrogens is 368 g/mol. The number of rotatable bonds is 5. The van der Waals surface area contributed by atoms with Crippen LogP contribution < -0.4 is 15.6 Å². The van der Waals surface area contributed by atoms with E-state index in [1.165, 1.54) is 0 Å². The van der Waals surface area contributed by atoms with Gasteiger partial charge >= 0.3 is 0 Å². The fourth-order valence-corrected chi connectivity index (χ4v) is 2.52. The van der Waals surface area contributed by atoms with Crippen molar-refractivity contribution in [2.75, 3.05) is 6.61 Å². The van der Waals surface area contributed by atoms with E-state index in [0.29, 0.717) is 16.3 Å². The quantitative estimate of drug-likeness (QED) is 0.662. The lowest BCUT2D eigenvalue weighted by atomic mass is 10.2. The number of ether oxygens (including phenoxy) is 1. The van der Waals surface area contributed by atoms with Crippen LogP contribution in [0.4, 0.5) is 0 Å². The highest BCUT2D eigenvalue weighted by molar-refractivity contribution is 6.32. The summed E-state index contributed by atoms with van der Waals surface area (Å²) in [5.41, 5.74) is 6.86. The van der Waals surface area contributed by atoms with Crippen molar-refractivity contribution in [2.45, 2.75) is 6.92 Å². The SMILES string of the molecule is Cc1ccnn1-c1ccc(C(=O)NNC(=O)COc2ccccc2Cl)cc1. The molecule has 1 heterocycles. The Labute approximate surface area is 160 Å². The molecule has 0 fully saturated rings. The molecule has 27 heavy (non-hydrogen) atoms. The van der Waals surface area contributed by atoms with Gasteiger partial charge in [-0.25, -0.2) is 4.68 Å². The highest BCUT2D eigenvalue weighted by atomic mass is 35.5. The van der Waals surface area contributed by atoms with Gasteiger partial charge in [0.15, 0.2) is 6.61 Å². The smallest absolute Gasteiger partial charge is 0.276 e. The number of halogens is 1. The molecule has 0 spiro atoms. The Balaban J connectivity index is 1.51. The first kappa shape index (κ1) is 18.5. The molecule has 0 radical (unpaired) electrons. The lowest BCUT2D eigenvalue weighted by molar-refractivity contribution is -0.123. The third kappa shape index (κ3) is 4.65. The third-order valence-corrected chi connectivity index (χ3v) is 4.03. The maximum Gasteiger partial charge on any atom is 0.276 e. The summed E-state index contributed by atoms with van der Waals surface area (Å²) in [6.45, 7) is 1.66. The molecule has 0 unspecified atom stereocenters. The van der Waals surface area contributed by atoms with Crippen LogP contribution in [0.15, 0.2) is 60.8 Å². The number of carbonyl (C=O) groups is 2. The molecule has 0 bridgehead atoms. The Kier molecular flexibility index (Phi) is 5.73. The van der Waals surface area contributed by atoms with Crippen LogP contribution in [0, 0.1) is 6.92 Å². The molecule has 0 aliphatic carbocycles. The van der Waals surface area contributed by atoms with E-state index in [0.717, 1.165) is 11.4 Å². The van der Waals surface area contributed by atoms with Crippen LogP contribution in [0.3, 0.4) is 0 Å². The summed E-state index contributed by atoms with van der Waals surface area (Å²) in [4.78, 5) is 23.9. The van der Waals surface area contributed by atoms with Gasteiger partial charge in [0.2, 0.25) is 0 Å². The van der Waals surface area contributed by atoms with Gasteiger partial charge < -0.3 is 4.74 Å². The zero-order valence-corrected chi connectivity index (χ0v) is 15.2. The van der Waals surface area contributed by atoms with E-state index in [2.05, 4.69) is 16.0 Å². The number of para-hydroxylation sites is 1. The molecular formula is C19H17ClN4O3. The van der Waals surface area contributed by atoms with E-state index in [1.54, 1.807) is 59.4 Å². The van der Waals surface area contributed by atoms with Crippen LogP contribution in [0.5, 0.6) is 5.75 Å². The molecule has 1 aromatic heterocycles. The maximum absolute atomic E-state index is 12.1. The average Bonchev–Trinajstić information content (AvgIpc) is 3.11. The van der Waals surface area contributed by atoms with Crippen molar-refractivity contribution in [1.29, 1.82) is 0 Å². The second kappa shape index (κ2) is 8.37. The van der Waals surface area contributed by atoms with Gasteiger partial charge in [-0.2, -0.15) is 5.10 Å². The van der Waals surface area contributed by atoms with Gasteiger partial charge in [-0.15, -0.1) is 0 Å². The van der Waals surface area contributed by atoms with Gasteiger partial charge in [-0.1, -0.05) is 23.7 Å². The normalized spacial score (nSPS) is 10.3. The molecule has 8 heteroatoms. The van der Waals surface area contributed by atoms with Crippen molar-refractivity contribution in [2.24, 2.45) is 0 Å². The van der Waals surface area contributed by atoms with Gasteiger partial charge in [0.25, 0.3) is 11.8 Å². The number of carbonyl (C=O) groups excluding carboxylic acids is 2. The first-order chi connectivity index (χ1) is 13.0. The number of hydrogen-bond acceptors (Lipinski definition) is 4. The van der Waals surface area contributed by atoms with Crippen molar-refractivity contribution in [3.05, 3.63) is 77.1 Å². The van der Waals surface area contributed by atoms with E-state index in [1.807, 2.05) is 13.0 Å². The molecule has 3 rings (SSSR count). The molecule has 0 atom stereocenters. The van der Waals surface area contributed by atoms with E-state index in [4.69, 9.17) is 16.3 Å². The minimum absolute atomic E-state index is 0.276. The molecule has 3 aromatic rings. The minimum Gasteiger partial charge on any atom is -0.482 e. The molecule has 0 saturated carbocycles. The molecule has 0 aliphatic heterocycles. The lowest BCUT2D eigenvalue weighted by Crippen LogP contribution is -2.43. The maximum atomic E-state index is 12.1. The monoisotopic (exact) mass is 384 g/mol. The predicted molar refractivity (Wildman–Crippen MR) is 101 cm³/mol. The number of aryl methyl sites for hydroxylation is 1. The van der Waals surface area contributed by atoms with Crippen molar-refractivity contribution in [3.8, 4) is 11.4 Å². The number of aromatic nitrogens is 2. The molecule has 2 amide bonds. The summed E-state index contributed by atoms with van der Waals surface area (Å²) in [5.74, 6) is -0.554. The van der Waals surface area contributed by atoms with Crippen molar-refractivity contribution < 1.29 is 14.3 Å². The van der Waals surface area contributed by atoms with Gasteiger partial charge in [-0.05, 0) is 49.4 Å². The average molecular weight is 385 g/mol. The Morgan fingerprint density at radius 1 is 1.07 bits per heavy atom. The number of benzene rings is 2. The molecule has 2 aromatic carbocycles. The van der Waals surface area contributed by atoms with Crippen LogP contribution in [0.25, 0.3) is 5.69 Å². The summed E-state index contributed by atoms with van der Waals surface area (Å²) >= 11 is 5.94. The topological polar surface area (TPSA) is 85.3 Å². The molecule has 0 saturated heterocycles. The highest BCUT2D eigenvalue weighted by Crippen LogP contribution is 2.22. The van der Waals surface area contributed by atoms with Crippen molar-refractivity contribution in [3.63, 3.8) is 0 Å². The van der Waals surface area contributed by atoms with Crippen molar-refractivity contribution >= 4 is 23.4 Å². The number of nitrogens with zero attached hydrogens (tertiary/aromatic N) is 2. The predicted octanol–water partition coefficient (Wildman–Crippen LogP) is 2.67. The lowest BCUT2D eigenvalue weighted by Gasteiger charge is -2.10. The number of hydrogen-bond donors (Lipinski definition) is 2. The fraction of sp³-hybridized carbons (Fsp3) is 0.105. The number of nitrogens with one attached hydrogen (secondary N) is 2. The summed E-state index contributed by atoms with van der Waals surface area (Å²) in [5, 5.41) is 4.61. The van der Waals surface area contributed by atoms with Crippen LogP contribution in [0.1, 0.15) is 16.1 Å². The van der Waals surface area contributed by atoms with Crippen LogP contribution >= 0.6 is 11.6 Å². The zero-order chi connectivity index (χ0) is 19.2. The van der Waals surface area contributed by atoms with E-state index in [9.17, 15) is 9.59 Å². The molecule has 7 nitrogen and oxygen atoms in total. The second-order valence-electron chi connectivity index (χ2n) is 5.65. The van der Waals surface area contributed by atoms with Crippen LogP contribution in [-0.2, 0) is 4.79 Å². The Morgan fingerprint density at radius 3 is 2.48 bits per heavy atom. The van der Waals surface area contributed by atoms with Crippen molar-refractivity contribution in [1.82, 2.24) is 20.6 Å². The zero-order valence-electron chi connectivity index (χ0n) is 14.5. The van der Waals surface area contributed by atoms with Crippen LogP contribution in [0.2, 0.25) is 5.02 Å². The fourth-order valence-electron chi connectivity index (χ4n) is 2.33. The number of hydrazine groups is 1. The largest absolute Gasteiger partial charge is 0.482 e. The van der Waals surface area contributed by atoms with Gasteiger partial charge in [0, 0.05) is 17.5 Å². The number of amides is 2. The summed E-state index contributed by atoms with van der Waals surface area (Å²) < 4.78 is 7.06. The third-order valence-electron chi connectivity index (χ3n) is 3.72. The highest BCUT2D eigenvalue weighted by Gasteiger charge is 2.10. The van der Waals surface area contributed by atoms with Gasteiger partial charge in [0.05, 0.1) is 10.7 Å². The molecule has 138 valence electrons. The van der Waals surface area contributed by atoms with Gasteiger partial charge in [-0.3, -0.25) is 20.4 Å². The summed E-state index contributed by atoms with van der Waals surface area (Å²) in [6, 6.07) is 15.6. The van der Waals surface area contributed by atoms with Crippen LogP contribution in [-0.4, -0.2) is 28.2 Å². The Bertz CT molecular complexity index is 954. The van der Waals surface area contributed by atoms with E-state index in [-0.39, 0.29) is 6.61 Å². The van der Waals surface area contributed by atoms with E-state index >= 15 is 0 Å². The summed E-state index contributed by atoms with van der Waals surface area (Å²) in [7, 11) is 0. The minimum atomic E-state index is -0.507. The first-order valence-electron chi connectivity index (χ1n) is 8.12.